The van der Waals surface area contributed by atoms with Gasteiger partial charge < -0.3 is 0 Å². The molecule has 122 valence electrons. The van der Waals surface area contributed by atoms with Gasteiger partial charge in [0.2, 0.25) is 0 Å². The molecular formula is C19H30N2S. The predicted molar refractivity (Wildman–Crippen MR) is 96.5 cm³/mol. The van der Waals surface area contributed by atoms with Gasteiger partial charge in [-0.05, 0) is 42.7 Å². The lowest BCUT2D eigenvalue weighted by Crippen LogP contribution is -2.50. The van der Waals surface area contributed by atoms with Gasteiger partial charge in [0.15, 0.2) is 0 Å². The molecule has 3 rings (SSSR count). The largest absolute Gasteiger partial charge is 0.298 e. The Hall–Kier alpha value is -0.510. The SMILES string of the molecule is CSc1ccc(CN2CCN([C@H]3CCC[C@H](C)C3)CC2)cc1. The molecule has 0 unspecified atom stereocenters. The maximum Gasteiger partial charge on any atom is 0.0234 e. The van der Waals surface area contributed by atoms with E-state index in [2.05, 4.69) is 47.2 Å². The molecule has 1 saturated heterocycles. The Morgan fingerprint density at radius 2 is 1.77 bits per heavy atom. The molecule has 0 amide bonds. The van der Waals surface area contributed by atoms with Gasteiger partial charge in [0, 0.05) is 43.7 Å². The van der Waals surface area contributed by atoms with Gasteiger partial charge in [-0.1, -0.05) is 31.9 Å². The fraction of sp³-hybridized carbons (Fsp3) is 0.684. The summed E-state index contributed by atoms with van der Waals surface area (Å²) in [5, 5.41) is 0. The van der Waals surface area contributed by atoms with Crippen molar-refractivity contribution in [3.05, 3.63) is 29.8 Å². The van der Waals surface area contributed by atoms with E-state index in [4.69, 9.17) is 0 Å². The van der Waals surface area contributed by atoms with Crippen molar-refractivity contribution in [3.63, 3.8) is 0 Å². The van der Waals surface area contributed by atoms with Gasteiger partial charge in [-0.25, -0.2) is 0 Å². The average Bonchev–Trinajstić information content (AvgIpc) is 2.56. The van der Waals surface area contributed by atoms with Crippen molar-refractivity contribution in [1.82, 2.24) is 9.80 Å². The Kier molecular flexibility index (Phi) is 5.83. The maximum absolute atomic E-state index is 2.77. The van der Waals surface area contributed by atoms with Crippen molar-refractivity contribution in [2.24, 2.45) is 5.92 Å². The van der Waals surface area contributed by atoms with Crippen LogP contribution in [0.5, 0.6) is 0 Å². The highest BCUT2D eigenvalue weighted by Crippen LogP contribution is 2.28. The third-order valence-corrected chi connectivity index (χ3v) is 6.14. The Morgan fingerprint density at radius 3 is 2.41 bits per heavy atom. The molecule has 1 heterocycles. The Morgan fingerprint density at radius 1 is 1.05 bits per heavy atom. The first-order valence-corrected chi connectivity index (χ1v) is 10.1. The van der Waals surface area contributed by atoms with Crippen molar-refractivity contribution in [1.29, 1.82) is 0 Å². The zero-order valence-corrected chi connectivity index (χ0v) is 14.9. The average molecular weight is 319 g/mol. The molecule has 0 spiro atoms. The number of hydrogen-bond donors (Lipinski definition) is 0. The van der Waals surface area contributed by atoms with Crippen molar-refractivity contribution in [3.8, 4) is 0 Å². The molecule has 3 heteroatoms. The van der Waals surface area contributed by atoms with Crippen LogP contribution >= 0.6 is 11.8 Å². The van der Waals surface area contributed by atoms with Crippen LogP contribution < -0.4 is 0 Å². The number of hydrogen-bond acceptors (Lipinski definition) is 3. The number of nitrogens with zero attached hydrogens (tertiary/aromatic N) is 2. The van der Waals surface area contributed by atoms with E-state index < -0.39 is 0 Å². The van der Waals surface area contributed by atoms with Gasteiger partial charge in [0.05, 0.1) is 0 Å². The molecular weight excluding hydrogens is 288 g/mol. The van der Waals surface area contributed by atoms with E-state index in [0.29, 0.717) is 0 Å². The molecule has 2 aliphatic rings. The summed E-state index contributed by atoms with van der Waals surface area (Å²) in [4.78, 5) is 6.75. The summed E-state index contributed by atoms with van der Waals surface area (Å²) < 4.78 is 0. The summed E-state index contributed by atoms with van der Waals surface area (Å²) in [6.07, 6.45) is 7.88. The molecule has 0 aromatic heterocycles. The van der Waals surface area contributed by atoms with Crippen molar-refractivity contribution in [2.75, 3.05) is 32.4 Å². The summed E-state index contributed by atoms with van der Waals surface area (Å²) in [5.74, 6) is 0.937. The molecule has 1 aromatic carbocycles. The zero-order valence-electron chi connectivity index (χ0n) is 14.1. The maximum atomic E-state index is 2.77. The van der Waals surface area contributed by atoms with Crippen LogP contribution in [0.4, 0.5) is 0 Å². The third-order valence-electron chi connectivity index (χ3n) is 5.40. The number of rotatable bonds is 4. The Balaban J connectivity index is 1.46. The summed E-state index contributed by atoms with van der Waals surface area (Å²) in [7, 11) is 0. The smallest absolute Gasteiger partial charge is 0.0234 e. The highest BCUT2D eigenvalue weighted by Gasteiger charge is 2.27. The quantitative estimate of drug-likeness (QED) is 0.772. The minimum Gasteiger partial charge on any atom is -0.298 e. The van der Waals surface area contributed by atoms with E-state index in [-0.39, 0.29) is 0 Å². The summed E-state index contributed by atoms with van der Waals surface area (Å²) in [6.45, 7) is 8.54. The normalized spacial score (nSPS) is 27.9. The van der Waals surface area contributed by atoms with Crippen molar-refractivity contribution in [2.45, 2.75) is 50.1 Å². The van der Waals surface area contributed by atoms with Crippen LogP contribution in [-0.4, -0.2) is 48.3 Å². The lowest BCUT2D eigenvalue weighted by molar-refractivity contribution is 0.0659. The second-order valence-electron chi connectivity index (χ2n) is 7.09. The van der Waals surface area contributed by atoms with Gasteiger partial charge in [0.1, 0.15) is 0 Å². The van der Waals surface area contributed by atoms with E-state index in [1.807, 2.05) is 11.8 Å². The van der Waals surface area contributed by atoms with Gasteiger partial charge >= 0.3 is 0 Å². The molecule has 0 radical (unpaired) electrons. The Bertz CT molecular complexity index is 451. The highest BCUT2D eigenvalue weighted by molar-refractivity contribution is 7.98. The molecule has 1 aromatic rings. The molecule has 1 aliphatic heterocycles. The fourth-order valence-electron chi connectivity index (χ4n) is 4.01. The topological polar surface area (TPSA) is 6.48 Å². The monoisotopic (exact) mass is 318 g/mol. The molecule has 0 N–H and O–H groups in total. The van der Waals surface area contributed by atoms with Crippen LogP contribution in [0.2, 0.25) is 0 Å². The first-order chi connectivity index (χ1) is 10.7. The van der Waals surface area contributed by atoms with Crippen LogP contribution in [0.15, 0.2) is 29.2 Å². The molecule has 0 bridgehead atoms. The second kappa shape index (κ2) is 7.85. The standard InChI is InChI=1S/C19H30N2S/c1-16-4-3-5-18(14-16)21-12-10-20(11-13-21)15-17-6-8-19(22-2)9-7-17/h6-9,16,18H,3-5,10-15H2,1-2H3/t16-,18-/m0/s1. The van der Waals surface area contributed by atoms with Crippen LogP contribution in [0, 0.1) is 5.92 Å². The number of benzene rings is 1. The van der Waals surface area contributed by atoms with Crippen LogP contribution in [0.3, 0.4) is 0 Å². The van der Waals surface area contributed by atoms with Crippen molar-refractivity contribution >= 4 is 11.8 Å². The van der Waals surface area contributed by atoms with E-state index in [1.165, 1.54) is 62.3 Å². The minimum atomic E-state index is 0.867. The van der Waals surface area contributed by atoms with Crippen LogP contribution in [0.1, 0.15) is 38.2 Å². The Labute approximate surface area is 140 Å². The van der Waals surface area contributed by atoms with Gasteiger partial charge in [-0.3, -0.25) is 9.80 Å². The highest BCUT2D eigenvalue weighted by atomic mass is 32.2. The summed E-state index contributed by atoms with van der Waals surface area (Å²) >= 11 is 1.82. The van der Waals surface area contributed by atoms with Crippen LogP contribution in [0.25, 0.3) is 0 Å². The van der Waals surface area contributed by atoms with E-state index >= 15 is 0 Å². The zero-order chi connectivity index (χ0) is 15.4. The van der Waals surface area contributed by atoms with Crippen LogP contribution in [-0.2, 0) is 6.54 Å². The lowest BCUT2D eigenvalue weighted by atomic mass is 9.86. The molecule has 2 fully saturated rings. The number of thioether (sulfide) groups is 1. The first kappa shape index (κ1) is 16.4. The van der Waals surface area contributed by atoms with E-state index in [0.717, 1.165) is 18.5 Å². The summed E-state index contributed by atoms with van der Waals surface area (Å²) in [6, 6.07) is 9.95. The van der Waals surface area contributed by atoms with Crippen molar-refractivity contribution < 1.29 is 0 Å². The predicted octanol–water partition coefficient (Wildman–Crippen LogP) is 4.10. The molecule has 2 nitrogen and oxygen atoms in total. The minimum absolute atomic E-state index is 0.867. The lowest BCUT2D eigenvalue weighted by Gasteiger charge is -2.42. The summed E-state index contributed by atoms with van der Waals surface area (Å²) in [5.41, 5.74) is 1.46. The molecule has 1 aliphatic carbocycles. The molecule has 2 atom stereocenters. The first-order valence-electron chi connectivity index (χ1n) is 8.84. The van der Waals surface area contributed by atoms with Gasteiger partial charge in [-0.2, -0.15) is 0 Å². The second-order valence-corrected chi connectivity index (χ2v) is 7.97. The van der Waals surface area contributed by atoms with Gasteiger partial charge in [-0.15, -0.1) is 11.8 Å². The fourth-order valence-corrected chi connectivity index (χ4v) is 4.42. The molecule has 22 heavy (non-hydrogen) atoms. The molecule has 1 saturated carbocycles. The van der Waals surface area contributed by atoms with Gasteiger partial charge in [0.25, 0.3) is 0 Å². The number of piperazine rings is 1. The van der Waals surface area contributed by atoms with E-state index in [9.17, 15) is 0 Å². The van der Waals surface area contributed by atoms with E-state index in [1.54, 1.807) is 0 Å². The third kappa shape index (κ3) is 4.27.